The number of anilines is 1. The Hall–Kier alpha value is -2.18. The Morgan fingerprint density at radius 3 is 2.76 bits per heavy atom. The van der Waals surface area contributed by atoms with Crippen molar-refractivity contribution >= 4 is 11.2 Å². The van der Waals surface area contributed by atoms with Crippen LogP contribution in [0.4, 0.5) is 5.69 Å². The van der Waals surface area contributed by atoms with Crippen molar-refractivity contribution < 1.29 is 9.47 Å². The second-order valence-corrected chi connectivity index (χ2v) is 8.59. The highest BCUT2D eigenvalue weighted by Crippen LogP contribution is 2.30. The summed E-state index contributed by atoms with van der Waals surface area (Å²) in [7, 11) is 0. The number of aromatic nitrogens is 2. The molecule has 5 heterocycles. The van der Waals surface area contributed by atoms with Gasteiger partial charge in [0.2, 0.25) is 0 Å². The van der Waals surface area contributed by atoms with Crippen LogP contribution in [0.2, 0.25) is 0 Å². The van der Waals surface area contributed by atoms with Gasteiger partial charge in [-0.3, -0.25) is 4.90 Å². The van der Waals surface area contributed by atoms with Crippen LogP contribution in [0.25, 0.3) is 5.52 Å². The summed E-state index contributed by atoms with van der Waals surface area (Å²) in [6.45, 7) is 6.21. The van der Waals surface area contributed by atoms with E-state index in [0.717, 1.165) is 56.9 Å². The molecule has 154 valence electrons. The maximum atomic E-state index is 9.35. The normalized spacial score (nSPS) is 33.0. The summed E-state index contributed by atoms with van der Waals surface area (Å²) in [5.74, 6) is 0. The fourth-order valence-corrected chi connectivity index (χ4v) is 5.26. The van der Waals surface area contributed by atoms with Gasteiger partial charge in [0.15, 0.2) is 0 Å². The SMILES string of the molecule is C[C@@H]1CN(c2ccc(C#N)n3nccc23)C[C@H](CN2C3COCC2CC(N)C3)O1. The molecule has 0 amide bonds. The third-order valence-corrected chi connectivity index (χ3v) is 6.44. The lowest BCUT2D eigenvalue weighted by Crippen LogP contribution is -2.62. The highest BCUT2D eigenvalue weighted by molar-refractivity contribution is 5.74. The first kappa shape index (κ1) is 18.8. The van der Waals surface area contributed by atoms with Gasteiger partial charge in [0, 0.05) is 37.8 Å². The van der Waals surface area contributed by atoms with Crippen LogP contribution in [-0.4, -0.2) is 77.7 Å². The number of rotatable bonds is 3. The molecular formula is C21H28N6O2. The molecule has 0 aliphatic carbocycles. The summed E-state index contributed by atoms with van der Waals surface area (Å²) in [5.41, 5.74) is 8.87. The van der Waals surface area contributed by atoms with Crippen LogP contribution < -0.4 is 10.6 Å². The molecule has 0 spiro atoms. The number of nitriles is 1. The van der Waals surface area contributed by atoms with Gasteiger partial charge in [0.05, 0.1) is 42.8 Å². The average molecular weight is 396 g/mol. The molecule has 8 heteroatoms. The topological polar surface area (TPSA) is 92.0 Å². The van der Waals surface area contributed by atoms with Crippen molar-refractivity contribution in [3.63, 3.8) is 0 Å². The molecule has 3 aliphatic rings. The van der Waals surface area contributed by atoms with E-state index in [0.29, 0.717) is 17.8 Å². The number of fused-ring (bicyclic) bond motifs is 3. The van der Waals surface area contributed by atoms with Gasteiger partial charge in [-0.1, -0.05) is 0 Å². The van der Waals surface area contributed by atoms with Gasteiger partial charge in [-0.15, -0.1) is 0 Å². The minimum Gasteiger partial charge on any atom is -0.378 e. The van der Waals surface area contributed by atoms with E-state index in [1.807, 2.05) is 18.2 Å². The third kappa shape index (κ3) is 3.49. The third-order valence-electron chi connectivity index (χ3n) is 6.44. The molecule has 2 bridgehead atoms. The molecule has 2 aromatic heterocycles. The molecule has 3 aliphatic heterocycles. The van der Waals surface area contributed by atoms with Crippen molar-refractivity contribution in [1.82, 2.24) is 14.5 Å². The maximum absolute atomic E-state index is 9.35. The minimum absolute atomic E-state index is 0.120. The molecule has 2 unspecified atom stereocenters. The Labute approximate surface area is 170 Å². The first-order valence-electron chi connectivity index (χ1n) is 10.5. The van der Waals surface area contributed by atoms with E-state index in [1.165, 1.54) is 0 Å². The van der Waals surface area contributed by atoms with E-state index < -0.39 is 0 Å². The Morgan fingerprint density at radius 1 is 1.21 bits per heavy atom. The van der Waals surface area contributed by atoms with Gasteiger partial charge >= 0.3 is 0 Å². The Morgan fingerprint density at radius 2 is 2.00 bits per heavy atom. The average Bonchev–Trinajstić information content (AvgIpc) is 3.17. The van der Waals surface area contributed by atoms with Crippen molar-refractivity contribution in [1.29, 1.82) is 5.26 Å². The van der Waals surface area contributed by atoms with E-state index in [-0.39, 0.29) is 18.2 Å². The summed E-state index contributed by atoms with van der Waals surface area (Å²) in [4.78, 5) is 4.94. The monoisotopic (exact) mass is 396 g/mol. The number of nitrogens with zero attached hydrogens (tertiary/aromatic N) is 5. The summed E-state index contributed by atoms with van der Waals surface area (Å²) in [5, 5.41) is 13.7. The van der Waals surface area contributed by atoms with E-state index in [4.69, 9.17) is 15.2 Å². The first-order chi connectivity index (χ1) is 14.1. The summed E-state index contributed by atoms with van der Waals surface area (Å²) < 4.78 is 13.9. The molecule has 29 heavy (non-hydrogen) atoms. The Bertz CT molecular complexity index is 910. The molecule has 4 atom stereocenters. The van der Waals surface area contributed by atoms with Gasteiger partial charge in [0.25, 0.3) is 0 Å². The zero-order valence-electron chi connectivity index (χ0n) is 16.8. The second-order valence-electron chi connectivity index (χ2n) is 8.59. The first-order valence-corrected chi connectivity index (χ1v) is 10.5. The van der Waals surface area contributed by atoms with E-state index in [1.54, 1.807) is 10.7 Å². The molecule has 3 fully saturated rings. The molecule has 0 radical (unpaired) electrons. The summed E-state index contributed by atoms with van der Waals surface area (Å²) in [6.07, 6.45) is 3.99. The number of hydrogen-bond donors (Lipinski definition) is 1. The van der Waals surface area contributed by atoms with Crippen molar-refractivity contribution in [2.24, 2.45) is 5.73 Å². The van der Waals surface area contributed by atoms with Crippen LogP contribution in [0.3, 0.4) is 0 Å². The number of nitrogens with two attached hydrogens (primary N) is 1. The van der Waals surface area contributed by atoms with Crippen LogP contribution in [-0.2, 0) is 9.47 Å². The second kappa shape index (κ2) is 7.58. The molecule has 5 rings (SSSR count). The van der Waals surface area contributed by atoms with E-state index in [2.05, 4.69) is 27.9 Å². The molecule has 0 aromatic carbocycles. The molecule has 3 saturated heterocycles. The van der Waals surface area contributed by atoms with Gasteiger partial charge in [-0.2, -0.15) is 10.4 Å². The zero-order chi connectivity index (χ0) is 20.0. The summed E-state index contributed by atoms with van der Waals surface area (Å²) in [6, 6.07) is 9.13. The highest BCUT2D eigenvalue weighted by atomic mass is 16.5. The van der Waals surface area contributed by atoms with Crippen LogP contribution >= 0.6 is 0 Å². The van der Waals surface area contributed by atoms with Crippen molar-refractivity contribution in [3.05, 3.63) is 30.1 Å². The fraction of sp³-hybridized carbons (Fsp3) is 0.619. The van der Waals surface area contributed by atoms with Gasteiger partial charge in [0.1, 0.15) is 11.8 Å². The molecule has 0 saturated carbocycles. The van der Waals surface area contributed by atoms with Crippen molar-refractivity contribution in [3.8, 4) is 6.07 Å². The fourth-order valence-electron chi connectivity index (χ4n) is 5.26. The molecular weight excluding hydrogens is 368 g/mol. The summed E-state index contributed by atoms with van der Waals surface area (Å²) >= 11 is 0. The highest BCUT2D eigenvalue weighted by Gasteiger charge is 2.40. The lowest BCUT2D eigenvalue weighted by molar-refractivity contribution is -0.109. The van der Waals surface area contributed by atoms with Crippen LogP contribution in [0.5, 0.6) is 0 Å². The Balaban J connectivity index is 1.37. The molecule has 2 N–H and O–H groups in total. The number of hydrogen-bond acceptors (Lipinski definition) is 7. The quantitative estimate of drug-likeness (QED) is 0.827. The largest absolute Gasteiger partial charge is 0.378 e. The zero-order valence-corrected chi connectivity index (χ0v) is 16.8. The standard InChI is InChI=1S/C21H28N6O2/c1-14-9-25(20-3-2-16(8-22)27-21(20)4-5-24-27)10-19(29-14)11-26-17-6-15(23)7-18(26)13-28-12-17/h2-5,14-15,17-19H,6-7,9-13,23H2,1H3/t14-,15?,17?,18?,19-/m1/s1. The van der Waals surface area contributed by atoms with E-state index in [9.17, 15) is 5.26 Å². The molecule has 8 nitrogen and oxygen atoms in total. The molecule has 2 aromatic rings. The van der Waals surface area contributed by atoms with Gasteiger partial charge in [-0.25, -0.2) is 4.52 Å². The van der Waals surface area contributed by atoms with Gasteiger partial charge < -0.3 is 20.1 Å². The van der Waals surface area contributed by atoms with Crippen LogP contribution in [0.15, 0.2) is 24.4 Å². The lowest BCUT2D eigenvalue weighted by Gasteiger charge is -2.50. The van der Waals surface area contributed by atoms with Crippen molar-refractivity contribution in [2.45, 2.75) is 50.1 Å². The predicted molar refractivity (Wildman–Crippen MR) is 109 cm³/mol. The number of pyridine rings is 1. The number of morpholine rings is 2. The van der Waals surface area contributed by atoms with Crippen LogP contribution in [0.1, 0.15) is 25.5 Å². The van der Waals surface area contributed by atoms with E-state index >= 15 is 0 Å². The van der Waals surface area contributed by atoms with Gasteiger partial charge in [-0.05, 0) is 38.0 Å². The Kier molecular flexibility index (Phi) is 4.92. The minimum atomic E-state index is 0.120. The smallest absolute Gasteiger partial charge is 0.142 e. The van der Waals surface area contributed by atoms with Crippen LogP contribution in [0, 0.1) is 11.3 Å². The maximum Gasteiger partial charge on any atom is 0.142 e. The lowest BCUT2D eigenvalue weighted by atomic mass is 9.90. The number of ether oxygens (including phenoxy) is 2. The number of piperidine rings is 1. The van der Waals surface area contributed by atoms with Crippen molar-refractivity contribution in [2.75, 3.05) is 37.7 Å². The predicted octanol–water partition coefficient (Wildman–Crippen LogP) is 0.990.